The Morgan fingerprint density at radius 3 is 2.52 bits per heavy atom. The minimum atomic E-state index is -0.488. The summed E-state index contributed by atoms with van der Waals surface area (Å²) in [6.07, 6.45) is 0. The summed E-state index contributed by atoms with van der Waals surface area (Å²) in [6, 6.07) is 13.9. The molecule has 0 aliphatic heterocycles. The van der Waals surface area contributed by atoms with E-state index < -0.39 is 5.97 Å². The topological polar surface area (TPSA) is 52.6 Å². The minimum absolute atomic E-state index is 0.0528. The van der Waals surface area contributed by atoms with Crippen molar-refractivity contribution < 1.29 is 19.1 Å². The Labute approximate surface area is 123 Å². The van der Waals surface area contributed by atoms with Crippen LogP contribution in [0.4, 0.5) is 0 Å². The molecule has 0 aliphatic carbocycles. The van der Waals surface area contributed by atoms with E-state index in [1.807, 2.05) is 19.1 Å². The molecular formula is C17H16O4. The molecule has 4 nitrogen and oxygen atoms in total. The largest absolute Gasteiger partial charge is 0.482 e. The van der Waals surface area contributed by atoms with Crippen molar-refractivity contribution in [2.45, 2.75) is 13.8 Å². The average molecular weight is 284 g/mol. The lowest BCUT2D eigenvalue weighted by atomic mass is 10.1. The number of benzene rings is 2. The van der Waals surface area contributed by atoms with E-state index >= 15 is 0 Å². The van der Waals surface area contributed by atoms with Crippen LogP contribution < -0.4 is 9.47 Å². The first kappa shape index (κ1) is 14.8. The highest BCUT2D eigenvalue weighted by molar-refractivity contribution is 5.94. The van der Waals surface area contributed by atoms with Gasteiger partial charge in [0.05, 0.1) is 0 Å². The normalized spacial score (nSPS) is 10.0. The van der Waals surface area contributed by atoms with Gasteiger partial charge in [-0.15, -0.1) is 0 Å². The summed E-state index contributed by atoms with van der Waals surface area (Å²) in [7, 11) is 0. The second kappa shape index (κ2) is 6.70. The van der Waals surface area contributed by atoms with E-state index in [1.54, 1.807) is 36.4 Å². The zero-order chi connectivity index (χ0) is 15.2. The molecule has 0 bridgehead atoms. The Morgan fingerprint density at radius 2 is 1.81 bits per heavy atom. The first-order valence-corrected chi connectivity index (χ1v) is 6.56. The van der Waals surface area contributed by atoms with Gasteiger partial charge in [-0.05, 0) is 37.6 Å². The summed E-state index contributed by atoms with van der Waals surface area (Å²) in [5.74, 6) is 0.438. The van der Waals surface area contributed by atoms with Gasteiger partial charge in [-0.25, -0.2) is 4.79 Å². The Bertz CT molecular complexity index is 661. The smallest absolute Gasteiger partial charge is 0.349 e. The fourth-order valence-corrected chi connectivity index (χ4v) is 1.77. The summed E-state index contributed by atoms with van der Waals surface area (Å²) in [6.45, 7) is 3.13. The van der Waals surface area contributed by atoms with Crippen molar-refractivity contribution in [3.05, 3.63) is 59.7 Å². The van der Waals surface area contributed by atoms with Gasteiger partial charge < -0.3 is 9.47 Å². The predicted octanol–water partition coefficient (Wildman–Crippen LogP) is 3.18. The van der Waals surface area contributed by atoms with Crippen molar-refractivity contribution >= 4 is 11.8 Å². The van der Waals surface area contributed by atoms with E-state index in [2.05, 4.69) is 0 Å². The van der Waals surface area contributed by atoms with Crippen LogP contribution in [0.1, 0.15) is 22.8 Å². The zero-order valence-electron chi connectivity index (χ0n) is 12.0. The lowest BCUT2D eigenvalue weighted by molar-refractivity contribution is -0.136. The van der Waals surface area contributed by atoms with Crippen LogP contribution in [0.2, 0.25) is 0 Å². The number of hydrogen-bond acceptors (Lipinski definition) is 4. The van der Waals surface area contributed by atoms with Crippen molar-refractivity contribution in [1.82, 2.24) is 0 Å². The van der Waals surface area contributed by atoms with Gasteiger partial charge in [0.2, 0.25) is 0 Å². The van der Waals surface area contributed by atoms with Crippen LogP contribution in [0.3, 0.4) is 0 Å². The molecule has 0 heterocycles. The molecule has 0 aliphatic rings. The van der Waals surface area contributed by atoms with Gasteiger partial charge in [-0.3, -0.25) is 4.79 Å². The van der Waals surface area contributed by atoms with Crippen LogP contribution in [0, 0.1) is 6.92 Å². The molecule has 0 saturated carbocycles. The van der Waals surface area contributed by atoms with Crippen molar-refractivity contribution in [2.24, 2.45) is 0 Å². The Balaban J connectivity index is 1.94. The van der Waals surface area contributed by atoms with E-state index in [4.69, 9.17) is 9.47 Å². The molecule has 0 N–H and O–H groups in total. The van der Waals surface area contributed by atoms with Crippen molar-refractivity contribution in [3.63, 3.8) is 0 Å². The number of aryl methyl sites for hydroxylation is 1. The molecule has 0 fully saturated rings. The minimum Gasteiger partial charge on any atom is -0.482 e. The molecule has 0 aromatic heterocycles. The van der Waals surface area contributed by atoms with Gasteiger partial charge in [-0.2, -0.15) is 0 Å². The molecular weight excluding hydrogens is 268 g/mol. The van der Waals surface area contributed by atoms with Gasteiger partial charge in [0.25, 0.3) is 0 Å². The van der Waals surface area contributed by atoms with Crippen LogP contribution in [0.15, 0.2) is 48.5 Å². The summed E-state index contributed by atoms with van der Waals surface area (Å²) in [4.78, 5) is 23.0. The highest BCUT2D eigenvalue weighted by atomic mass is 16.6. The van der Waals surface area contributed by atoms with Crippen LogP contribution in [0.5, 0.6) is 11.5 Å². The molecule has 0 unspecified atom stereocenters. The summed E-state index contributed by atoms with van der Waals surface area (Å²) in [5.41, 5.74) is 1.42. The van der Waals surface area contributed by atoms with Crippen LogP contribution in [-0.4, -0.2) is 18.4 Å². The molecule has 2 aromatic carbocycles. The fraction of sp³-hybridized carbons (Fsp3) is 0.176. The lowest BCUT2D eigenvalue weighted by Crippen LogP contribution is -2.18. The number of hydrogen-bond donors (Lipinski definition) is 0. The van der Waals surface area contributed by atoms with Gasteiger partial charge in [0.15, 0.2) is 12.4 Å². The van der Waals surface area contributed by atoms with E-state index in [-0.39, 0.29) is 12.4 Å². The molecule has 2 rings (SSSR count). The highest BCUT2D eigenvalue weighted by Gasteiger charge is 2.08. The zero-order valence-corrected chi connectivity index (χ0v) is 12.0. The second-order valence-corrected chi connectivity index (χ2v) is 4.61. The lowest BCUT2D eigenvalue weighted by Gasteiger charge is -2.09. The van der Waals surface area contributed by atoms with Gasteiger partial charge >= 0.3 is 5.97 Å². The number of ether oxygens (including phenoxy) is 2. The monoisotopic (exact) mass is 284 g/mol. The number of para-hydroxylation sites is 1. The molecule has 4 heteroatoms. The van der Waals surface area contributed by atoms with E-state index in [0.29, 0.717) is 17.1 Å². The number of carbonyl (C=O) groups is 2. The third kappa shape index (κ3) is 4.18. The highest BCUT2D eigenvalue weighted by Crippen LogP contribution is 2.17. The van der Waals surface area contributed by atoms with Crippen LogP contribution >= 0.6 is 0 Å². The van der Waals surface area contributed by atoms with E-state index in [9.17, 15) is 9.59 Å². The number of rotatable bonds is 5. The molecule has 0 saturated heterocycles. The maximum absolute atomic E-state index is 11.7. The van der Waals surface area contributed by atoms with Gasteiger partial charge in [0.1, 0.15) is 11.5 Å². The first-order valence-electron chi connectivity index (χ1n) is 6.56. The van der Waals surface area contributed by atoms with Crippen LogP contribution in [-0.2, 0) is 4.79 Å². The average Bonchev–Trinajstić information content (AvgIpc) is 2.48. The molecule has 0 atom stereocenters. The molecule has 0 amide bonds. The summed E-state index contributed by atoms with van der Waals surface area (Å²) >= 11 is 0. The molecule has 108 valence electrons. The summed E-state index contributed by atoms with van der Waals surface area (Å²) < 4.78 is 10.6. The fourth-order valence-electron chi connectivity index (χ4n) is 1.77. The number of carbonyl (C=O) groups excluding carboxylic acids is 2. The maximum atomic E-state index is 11.7. The third-order valence-electron chi connectivity index (χ3n) is 2.91. The van der Waals surface area contributed by atoms with Crippen LogP contribution in [0.25, 0.3) is 0 Å². The SMILES string of the molecule is CC(=O)c1cccc(OCC(=O)Oc2ccccc2C)c1. The standard InChI is InChI=1S/C17H16O4/c1-12-6-3-4-9-16(12)21-17(19)11-20-15-8-5-7-14(10-15)13(2)18/h3-10H,11H2,1-2H3. The van der Waals surface area contributed by atoms with E-state index in [0.717, 1.165) is 5.56 Å². The Hall–Kier alpha value is -2.62. The quantitative estimate of drug-likeness (QED) is 0.481. The number of Topliss-reactive ketones (excluding diaryl/α,β-unsaturated/α-hetero) is 1. The molecule has 21 heavy (non-hydrogen) atoms. The Morgan fingerprint density at radius 1 is 1.05 bits per heavy atom. The second-order valence-electron chi connectivity index (χ2n) is 4.61. The number of esters is 1. The molecule has 0 radical (unpaired) electrons. The maximum Gasteiger partial charge on any atom is 0.349 e. The van der Waals surface area contributed by atoms with Crippen molar-refractivity contribution in [1.29, 1.82) is 0 Å². The molecule has 2 aromatic rings. The first-order chi connectivity index (χ1) is 10.1. The Kier molecular flexibility index (Phi) is 4.72. The van der Waals surface area contributed by atoms with Crippen molar-refractivity contribution in [3.8, 4) is 11.5 Å². The van der Waals surface area contributed by atoms with Gasteiger partial charge in [0, 0.05) is 5.56 Å². The van der Waals surface area contributed by atoms with E-state index in [1.165, 1.54) is 6.92 Å². The predicted molar refractivity (Wildman–Crippen MR) is 78.8 cm³/mol. The van der Waals surface area contributed by atoms with Crippen molar-refractivity contribution in [2.75, 3.05) is 6.61 Å². The number of ketones is 1. The molecule has 0 spiro atoms. The summed E-state index contributed by atoms with van der Waals surface area (Å²) in [5, 5.41) is 0. The van der Waals surface area contributed by atoms with Gasteiger partial charge in [-0.1, -0.05) is 30.3 Å². The third-order valence-corrected chi connectivity index (χ3v) is 2.91.